The molecule has 1 aliphatic heterocycles. The molecular formula is C14H17NO4. The fourth-order valence-corrected chi connectivity index (χ4v) is 2.22. The van der Waals surface area contributed by atoms with Gasteiger partial charge in [-0.05, 0) is 25.5 Å². The van der Waals surface area contributed by atoms with E-state index in [2.05, 4.69) is 5.32 Å². The van der Waals surface area contributed by atoms with E-state index in [1.54, 1.807) is 12.1 Å². The Morgan fingerprint density at radius 1 is 1.37 bits per heavy atom. The number of nitrogens with one attached hydrogen (secondary N) is 1. The molecule has 1 fully saturated rings. The van der Waals surface area contributed by atoms with Crippen molar-refractivity contribution in [1.82, 2.24) is 5.32 Å². The zero-order valence-corrected chi connectivity index (χ0v) is 10.8. The van der Waals surface area contributed by atoms with Gasteiger partial charge in [-0.25, -0.2) is 4.79 Å². The Hall–Kier alpha value is -1.88. The Balaban J connectivity index is 2.09. The van der Waals surface area contributed by atoms with Gasteiger partial charge in [0.1, 0.15) is 0 Å². The Morgan fingerprint density at radius 2 is 2.05 bits per heavy atom. The number of carboxylic acid groups (broad SMARTS) is 1. The summed E-state index contributed by atoms with van der Waals surface area (Å²) in [5.41, 5.74) is 0.218. The average Bonchev–Trinajstić information content (AvgIpc) is 2.92. The number of ether oxygens (including phenoxy) is 1. The molecule has 1 aliphatic rings. The van der Waals surface area contributed by atoms with Crippen molar-refractivity contribution in [2.75, 3.05) is 13.2 Å². The first-order valence-electron chi connectivity index (χ1n) is 6.30. The van der Waals surface area contributed by atoms with Gasteiger partial charge in [0.15, 0.2) is 0 Å². The third kappa shape index (κ3) is 3.12. The number of carbonyl (C=O) groups is 2. The van der Waals surface area contributed by atoms with Gasteiger partial charge in [0.2, 0.25) is 0 Å². The smallest absolute Gasteiger partial charge is 0.336 e. The van der Waals surface area contributed by atoms with Crippen molar-refractivity contribution in [3.63, 3.8) is 0 Å². The van der Waals surface area contributed by atoms with E-state index >= 15 is 0 Å². The second-order valence-electron chi connectivity index (χ2n) is 4.74. The Morgan fingerprint density at radius 3 is 2.63 bits per heavy atom. The number of aromatic carboxylic acids is 1. The van der Waals surface area contributed by atoms with Crippen LogP contribution in [0.5, 0.6) is 0 Å². The van der Waals surface area contributed by atoms with Crippen molar-refractivity contribution in [1.29, 1.82) is 0 Å². The van der Waals surface area contributed by atoms with Crippen LogP contribution in [0.3, 0.4) is 0 Å². The first kappa shape index (κ1) is 13.5. The summed E-state index contributed by atoms with van der Waals surface area (Å²) in [6.07, 6.45) is 0.919. The van der Waals surface area contributed by atoms with Gasteiger partial charge in [-0.2, -0.15) is 0 Å². The monoisotopic (exact) mass is 263 g/mol. The van der Waals surface area contributed by atoms with E-state index in [4.69, 9.17) is 9.84 Å². The molecule has 0 spiro atoms. The van der Waals surface area contributed by atoms with Crippen LogP contribution in [0.2, 0.25) is 0 Å². The van der Waals surface area contributed by atoms with Gasteiger partial charge < -0.3 is 15.2 Å². The molecular weight excluding hydrogens is 246 g/mol. The summed E-state index contributed by atoms with van der Waals surface area (Å²) < 4.78 is 5.28. The van der Waals surface area contributed by atoms with Gasteiger partial charge in [0.25, 0.3) is 5.91 Å². The first-order valence-corrected chi connectivity index (χ1v) is 6.30. The largest absolute Gasteiger partial charge is 0.478 e. The summed E-state index contributed by atoms with van der Waals surface area (Å²) in [6.45, 7) is 3.28. The fraction of sp³-hybridized carbons (Fsp3) is 0.429. The van der Waals surface area contributed by atoms with E-state index < -0.39 is 5.97 Å². The summed E-state index contributed by atoms with van der Waals surface area (Å²) >= 11 is 0. The molecule has 19 heavy (non-hydrogen) atoms. The number of carboxylic acids is 1. The number of carbonyl (C=O) groups excluding carboxylic acids is 1. The highest BCUT2D eigenvalue weighted by molar-refractivity contribution is 6.04. The van der Waals surface area contributed by atoms with Crippen molar-refractivity contribution in [2.45, 2.75) is 19.4 Å². The lowest BCUT2D eigenvalue weighted by molar-refractivity contribution is 0.0690. The topological polar surface area (TPSA) is 75.6 Å². The molecule has 1 aromatic rings. The van der Waals surface area contributed by atoms with Crippen molar-refractivity contribution in [3.8, 4) is 0 Å². The Labute approximate surface area is 111 Å². The number of rotatable bonds is 4. The fourth-order valence-electron chi connectivity index (χ4n) is 2.22. The molecule has 1 heterocycles. The molecule has 102 valence electrons. The van der Waals surface area contributed by atoms with E-state index in [1.165, 1.54) is 12.1 Å². The molecule has 0 saturated carbocycles. The lowest BCUT2D eigenvalue weighted by atomic mass is 9.99. The van der Waals surface area contributed by atoms with E-state index in [9.17, 15) is 9.59 Å². The maximum atomic E-state index is 12.1. The molecule has 0 radical (unpaired) electrons. The van der Waals surface area contributed by atoms with Gasteiger partial charge in [-0.3, -0.25) is 4.79 Å². The number of benzene rings is 1. The van der Waals surface area contributed by atoms with E-state index in [0.29, 0.717) is 12.5 Å². The van der Waals surface area contributed by atoms with Gasteiger partial charge in [0, 0.05) is 18.6 Å². The minimum absolute atomic E-state index is 0.0230. The third-order valence-corrected chi connectivity index (χ3v) is 3.43. The summed E-state index contributed by atoms with van der Waals surface area (Å²) in [4.78, 5) is 23.2. The van der Waals surface area contributed by atoms with Crippen molar-refractivity contribution in [2.24, 2.45) is 5.92 Å². The van der Waals surface area contributed by atoms with Gasteiger partial charge >= 0.3 is 5.97 Å². The zero-order chi connectivity index (χ0) is 13.8. The van der Waals surface area contributed by atoms with Gasteiger partial charge in [-0.1, -0.05) is 12.1 Å². The highest BCUT2D eigenvalue weighted by atomic mass is 16.5. The quantitative estimate of drug-likeness (QED) is 0.864. The molecule has 2 atom stereocenters. The maximum absolute atomic E-state index is 12.1. The molecule has 1 saturated heterocycles. The predicted molar refractivity (Wildman–Crippen MR) is 69.3 cm³/mol. The lowest BCUT2D eigenvalue weighted by Gasteiger charge is -2.19. The van der Waals surface area contributed by atoms with Crippen LogP contribution >= 0.6 is 0 Å². The van der Waals surface area contributed by atoms with Crippen LogP contribution < -0.4 is 5.32 Å². The number of amides is 1. The van der Waals surface area contributed by atoms with Crippen LogP contribution in [-0.4, -0.2) is 36.2 Å². The standard InChI is InChI=1S/C14H17NO4/c1-9(10-6-7-19-8-10)15-13(16)11-4-2-3-5-12(11)14(17)18/h2-5,9-10H,6-8H2,1H3,(H,15,16)(H,17,18). The van der Waals surface area contributed by atoms with E-state index in [1.807, 2.05) is 6.92 Å². The lowest BCUT2D eigenvalue weighted by Crippen LogP contribution is -2.38. The highest BCUT2D eigenvalue weighted by Crippen LogP contribution is 2.17. The van der Waals surface area contributed by atoms with Crippen LogP contribution in [0, 0.1) is 5.92 Å². The van der Waals surface area contributed by atoms with E-state index in [0.717, 1.165) is 13.0 Å². The number of hydrogen-bond acceptors (Lipinski definition) is 3. The molecule has 0 aromatic heterocycles. The minimum Gasteiger partial charge on any atom is -0.478 e. The summed E-state index contributed by atoms with van der Waals surface area (Å²) in [6, 6.07) is 6.19. The van der Waals surface area contributed by atoms with Crippen LogP contribution in [0.15, 0.2) is 24.3 Å². The summed E-state index contributed by atoms with van der Waals surface area (Å²) in [5, 5.41) is 11.9. The first-order chi connectivity index (χ1) is 9.09. The Kier molecular flexibility index (Phi) is 4.16. The number of hydrogen-bond donors (Lipinski definition) is 2. The van der Waals surface area contributed by atoms with Gasteiger partial charge in [0.05, 0.1) is 17.7 Å². The molecule has 5 nitrogen and oxygen atoms in total. The van der Waals surface area contributed by atoms with Crippen LogP contribution in [-0.2, 0) is 4.74 Å². The van der Waals surface area contributed by atoms with Crippen molar-refractivity contribution >= 4 is 11.9 Å². The second-order valence-corrected chi connectivity index (χ2v) is 4.74. The molecule has 0 bridgehead atoms. The maximum Gasteiger partial charge on any atom is 0.336 e. The second kappa shape index (κ2) is 5.84. The Bertz CT molecular complexity index is 480. The molecule has 5 heteroatoms. The molecule has 2 rings (SSSR count). The minimum atomic E-state index is -1.09. The SMILES string of the molecule is CC(NC(=O)c1ccccc1C(=O)O)C1CCOC1. The van der Waals surface area contributed by atoms with E-state index in [-0.39, 0.29) is 23.1 Å². The van der Waals surface area contributed by atoms with Crippen LogP contribution in [0.4, 0.5) is 0 Å². The van der Waals surface area contributed by atoms with Gasteiger partial charge in [-0.15, -0.1) is 0 Å². The third-order valence-electron chi connectivity index (χ3n) is 3.43. The molecule has 2 unspecified atom stereocenters. The van der Waals surface area contributed by atoms with Crippen molar-refractivity contribution in [3.05, 3.63) is 35.4 Å². The van der Waals surface area contributed by atoms with Crippen molar-refractivity contribution < 1.29 is 19.4 Å². The molecule has 1 amide bonds. The predicted octanol–water partition coefficient (Wildman–Crippen LogP) is 1.54. The van der Waals surface area contributed by atoms with Crippen LogP contribution in [0.25, 0.3) is 0 Å². The normalized spacial score (nSPS) is 19.9. The van der Waals surface area contributed by atoms with Crippen LogP contribution in [0.1, 0.15) is 34.1 Å². The molecule has 2 N–H and O–H groups in total. The summed E-state index contributed by atoms with van der Waals surface area (Å²) in [7, 11) is 0. The molecule has 1 aromatic carbocycles. The highest BCUT2D eigenvalue weighted by Gasteiger charge is 2.25. The average molecular weight is 263 g/mol. The summed E-state index contributed by atoms with van der Waals surface area (Å²) in [5.74, 6) is -1.15. The zero-order valence-electron chi connectivity index (χ0n) is 10.8. The molecule has 0 aliphatic carbocycles.